The van der Waals surface area contributed by atoms with Gasteiger partial charge in [0.05, 0.1) is 4.88 Å². The molecule has 0 aliphatic heterocycles. The lowest BCUT2D eigenvalue weighted by molar-refractivity contribution is -0.00268. The Bertz CT molecular complexity index is 424. The summed E-state index contributed by atoms with van der Waals surface area (Å²) in [7, 11) is 0. The maximum Gasteiger partial charge on any atom is 0.265 e. The Morgan fingerprint density at radius 2 is 2.11 bits per heavy atom. The molecule has 6 heteroatoms. The SMILES string of the molecule is O=C(NCC(O)C(F)F)c1cc2c(s1)CCCCC2. The van der Waals surface area contributed by atoms with Crippen molar-refractivity contribution in [2.24, 2.45) is 0 Å². The first kappa shape index (κ1) is 14.4. The number of fused-ring (bicyclic) bond motifs is 1. The third-order valence-electron chi connectivity index (χ3n) is 3.23. The Morgan fingerprint density at radius 3 is 2.84 bits per heavy atom. The molecule has 19 heavy (non-hydrogen) atoms. The molecule has 2 rings (SSSR count). The summed E-state index contributed by atoms with van der Waals surface area (Å²) in [5, 5.41) is 11.3. The number of hydrogen-bond donors (Lipinski definition) is 2. The second-order valence-electron chi connectivity index (χ2n) is 4.73. The number of aliphatic hydroxyl groups excluding tert-OH is 1. The zero-order valence-corrected chi connectivity index (χ0v) is 11.3. The smallest absolute Gasteiger partial charge is 0.265 e. The van der Waals surface area contributed by atoms with Crippen LogP contribution in [0.3, 0.4) is 0 Å². The number of rotatable bonds is 4. The normalized spacial score (nSPS) is 16.8. The number of hydrogen-bond acceptors (Lipinski definition) is 3. The van der Waals surface area contributed by atoms with Crippen molar-refractivity contribution in [3.05, 3.63) is 21.4 Å². The largest absolute Gasteiger partial charge is 0.385 e. The van der Waals surface area contributed by atoms with E-state index in [0.717, 1.165) is 25.7 Å². The molecule has 1 aromatic heterocycles. The van der Waals surface area contributed by atoms with Gasteiger partial charge in [-0.1, -0.05) is 6.42 Å². The van der Waals surface area contributed by atoms with E-state index in [2.05, 4.69) is 5.32 Å². The number of aryl methyl sites for hydroxylation is 2. The summed E-state index contributed by atoms with van der Waals surface area (Å²) in [6.45, 7) is -0.418. The first-order valence-electron chi connectivity index (χ1n) is 6.44. The molecular weight excluding hydrogens is 272 g/mol. The van der Waals surface area contributed by atoms with E-state index in [9.17, 15) is 13.6 Å². The minimum Gasteiger partial charge on any atom is -0.385 e. The van der Waals surface area contributed by atoms with E-state index < -0.39 is 19.1 Å². The molecule has 106 valence electrons. The second-order valence-corrected chi connectivity index (χ2v) is 5.87. The van der Waals surface area contributed by atoms with Gasteiger partial charge in [-0.15, -0.1) is 11.3 Å². The van der Waals surface area contributed by atoms with E-state index in [1.165, 1.54) is 28.2 Å². The predicted octanol–water partition coefficient (Wildman–Crippen LogP) is 2.37. The van der Waals surface area contributed by atoms with E-state index >= 15 is 0 Å². The maximum absolute atomic E-state index is 12.1. The minimum absolute atomic E-state index is 0.377. The van der Waals surface area contributed by atoms with Crippen LogP contribution in [0.4, 0.5) is 8.78 Å². The van der Waals surface area contributed by atoms with Crippen LogP contribution in [0.25, 0.3) is 0 Å². The molecule has 1 aliphatic rings. The van der Waals surface area contributed by atoms with Crippen molar-refractivity contribution in [1.82, 2.24) is 5.32 Å². The third kappa shape index (κ3) is 3.73. The van der Waals surface area contributed by atoms with Crippen LogP contribution in [-0.4, -0.2) is 30.1 Å². The summed E-state index contributed by atoms with van der Waals surface area (Å²) in [6, 6.07) is 1.86. The highest BCUT2D eigenvalue weighted by Crippen LogP contribution is 2.28. The number of amides is 1. The van der Waals surface area contributed by atoms with Crippen molar-refractivity contribution in [3.8, 4) is 0 Å². The lowest BCUT2D eigenvalue weighted by Crippen LogP contribution is -2.35. The molecule has 1 aromatic rings. The summed E-state index contributed by atoms with van der Waals surface area (Å²) in [4.78, 5) is 13.6. The van der Waals surface area contributed by atoms with Crippen LogP contribution in [0.1, 0.15) is 39.4 Å². The Morgan fingerprint density at radius 1 is 1.37 bits per heavy atom. The summed E-state index contributed by atoms with van der Waals surface area (Å²) in [5.41, 5.74) is 1.21. The fraction of sp³-hybridized carbons (Fsp3) is 0.615. The number of alkyl halides is 2. The van der Waals surface area contributed by atoms with Gasteiger partial charge in [-0.05, 0) is 37.3 Å². The van der Waals surface area contributed by atoms with Crippen LogP contribution in [0.2, 0.25) is 0 Å². The van der Waals surface area contributed by atoms with Crippen molar-refractivity contribution >= 4 is 17.2 Å². The monoisotopic (exact) mass is 289 g/mol. The first-order chi connectivity index (χ1) is 9.08. The number of carbonyl (C=O) groups excluding carboxylic acids is 1. The standard InChI is InChI=1S/C13H17F2NO2S/c14-12(15)9(17)7-16-13(18)11-6-8-4-2-1-3-5-10(8)19-11/h6,9,12,17H,1-5,7H2,(H,16,18). The van der Waals surface area contributed by atoms with E-state index in [0.29, 0.717) is 4.88 Å². The van der Waals surface area contributed by atoms with E-state index in [1.807, 2.05) is 6.07 Å². The lowest BCUT2D eigenvalue weighted by atomic mass is 10.1. The van der Waals surface area contributed by atoms with Crippen LogP contribution in [0, 0.1) is 0 Å². The van der Waals surface area contributed by atoms with Crippen LogP contribution in [0.5, 0.6) is 0 Å². The molecule has 1 atom stereocenters. The third-order valence-corrected chi connectivity index (χ3v) is 4.47. The predicted molar refractivity (Wildman–Crippen MR) is 69.9 cm³/mol. The Kier molecular flexibility index (Phi) is 4.87. The van der Waals surface area contributed by atoms with E-state index in [1.54, 1.807) is 0 Å². The molecule has 0 bridgehead atoms. The molecule has 2 N–H and O–H groups in total. The Balaban J connectivity index is 1.96. The van der Waals surface area contributed by atoms with Gasteiger partial charge in [-0.3, -0.25) is 4.79 Å². The average molecular weight is 289 g/mol. The summed E-state index contributed by atoms with van der Waals surface area (Å²) < 4.78 is 24.2. The molecule has 1 amide bonds. The number of thiophene rings is 1. The molecule has 1 aliphatic carbocycles. The highest BCUT2D eigenvalue weighted by atomic mass is 32.1. The first-order valence-corrected chi connectivity index (χ1v) is 7.25. The van der Waals surface area contributed by atoms with Gasteiger partial charge >= 0.3 is 0 Å². The van der Waals surface area contributed by atoms with Gasteiger partial charge in [0.15, 0.2) is 0 Å². The molecule has 1 heterocycles. The molecular formula is C13H17F2NO2S. The average Bonchev–Trinajstić information content (AvgIpc) is 2.67. The number of aliphatic hydroxyl groups is 1. The highest BCUT2D eigenvalue weighted by molar-refractivity contribution is 7.14. The van der Waals surface area contributed by atoms with Gasteiger partial charge in [-0.2, -0.15) is 0 Å². The van der Waals surface area contributed by atoms with Crippen molar-refractivity contribution in [1.29, 1.82) is 0 Å². The van der Waals surface area contributed by atoms with E-state index in [-0.39, 0.29) is 5.91 Å². The molecule has 1 unspecified atom stereocenters. The van der Waals surface area contributed by atoms with Gasteiger partial charge in [0.2, 0.25) is 0 Å². The zero-order chi connectivity index (χ0) is 13.8. The Labute approximate surface area is 114 Å². The van der Waals surface area contributed by atoms with Crippen LogP contribution < -0.4 is 5.32 Å². The summed E-state index contributed by atoms with van der Waals surface area (Å²) in [5.74, 6) is -0.377. The summed E-state index contributed by atoms with van der Waals surface area (Å²) in [6.07, 6.45) is 0.824. The van der Waals surface area contributed by atoms with Crippen molar-refractivity contribution < 1.29 is 18.7 Å². The zero-order valence-electron chi connectivity index (χ0n) is 10.5. The van der Waals surface area contributed by atoms with Gasteiger partial charge < -0.3 is 10.4 Å². The minimum atomic E-state index is -2.83. The van der Waals surface area contributed by atoms with Crippen LogP contribution in [-0.2, 0) is 12.8 Å². The van der Waals surface area contributed by atoms with Gasteiger partial charge in [0, 0.05) is 11.4 Å². The molecule has 0 spiro atoms. The fourth-order valence-electron chi connectivity index (χ4n) is 2.15. The lowest BCUT2D eigenvalue weighted by Gasteiger charge is -2.09. The maximum atomic E-state index is 12.1. The number of carbonyl (C=O) groups is 1. The van der Waals surface area contributed by atoms with Gasteiger partial charge in [-0.25, -0.2) is 8.78 Å². The van der Waals surface area contributed by atoms with Crippen molar-refractivity contribution in [3.63, 3.8) is 0 Å². The van der Waals surface area contributed by atoms with Crippen molar-refractivity contribution in [2.75, 3.05) is 6.54 Å². The quantitative estimate of drug-likeness (QED) is 0.836. The molecule has 0 radical (unpaired) electrons. The van der Waals surface area contributed by atoms with Crippen LogP contribution in [0.15, 0.2) is 6.07 Å². The topological polar surface area (TPSA) is 49.3 Å². The van der Waals surface area contributed by atoms with Gasteiger partial charge in [0.25, 0.3) is 12.3 Å². The molecule has 0 saturated heterocycles. The number of halogens is 2. The van der Waals surface area contributed by atoms with Crippen LogP contribution >= 0.6 is 11.3 Å². The molecule has 0 aromatic carbocycles. The van der Waals surface area contributed by atoms with Crippen molar-refractivity contribution in [2.45, 2.75) is 44.6 Å². The van der Waals surface area contributed by atoms with Gasteiger partial charge in [0.1, 0.15) is 6.10 Å². The molecule has 3 nitrogen and oxygen atoms in total. The Hall–Kier alpha value is -1.01. The highest BCUT2D eigenvalue weighted by Gasteiger charge is 2.20. The fourth-order valence-corrected chi connectivity index (χ4v) is 3.32. The van der Waals surface area contributed by atoms with E-state index in [4.69, 9.17) is 5.11 Å². The molecule has 0 saturated carbocycles. The summed E-state index contributed by atoms with van der Waals surface area (Å²) >= 11 is 1.44. The second kappa shape index (κ2) is 6.43. The molecule has 0 fully saturated rings. The number of nitrogens with one attached hydrogen (secondary N) is 1.